The first kappa shape index (κ1) is 22.6. The standard InChI is InChI=1S/C25H35N5O2/c1-16(2)27-25(32)30-11-9-19(10-12-30)18-5-3-17(4-6-18)13-22(15-26)29-24(31)23-20-7-8-21(14-20)28-23/h3-6,16,19-23,28H,7-14H2,1-2H3,(H,27,32)(H,29,31)/t20-,21+,22-,23-/m0/s1. The summed E-state index contributed by atoms with van der Waals surface area (Å²) in [6.07, 6.45) is 5.77. The second-order valence-corrected chi connectivity index (χ2v) is 9.92. The molecule has 2 bridgehead atoms. The van der Waals surface area contributed by atoms with E-state index in [0.717, 1.165) is 50.8 Å². The number of urea groups is 1. The van der Waals surface area contributed by atoms with Crippen molar-refractivity contribution in [3.63, 3.8) is 0 Å². The molecule has 2 heterocycles. The lowest BCUT2D eigenvalue weighted by Crippen LogP contribution is -2.50. The van der Waals surface area contributed by atoms with Gasteiger partial charge in [0, 0.05) is 31.6 Å². The average molecular weight is 438 g/mol. The molecule has 0 unspecified atom stereocenters. The maximum atomic E-state index is 12.6. The summed E-state index contributed by atoms with van der Waals surface area (Å²) in [6.45, 7) is 5.49. The number of likely N-dealkylation sites (tertiary alicyclic amines) is 1. The van der Waals surface area contributed by atoms with E-state index in [4.69, 9.17) is 0 Å². The number of fused-ring (bicyclic) bond motifs is 2. The Kier molecular flexibility index (Phi) is 7.00. The highest BCUT2D eigenvalue weighted by atomic mass is 16.2. The molecule has 3 N–H and O–H groups in total. The zero-order chi connectivity index (χ0) is 22.7. The van der Waals surface area contributed by atoms with Gasteiger partial charge in [-0.2, -0.15) is 5.26 Å². The SMILES string of the molecule is CC(C)NC(=O)N1CCC(c2ccc(C[C@@H](C#N)NC(=O)[C@H]3N[C@@H]4CC[C@H]3C4)cc2)CC1. The highest BCUT2D eigenvalue weighted by Gasteiger charge is 2.43. The van der Waals surface area contributed by atoms with Crippen molar-refractivity contribution in [2.75, 3.05) is 13.1 Å². The summed E-state index contributed by atoms with van der Waals surface area (Å²) < 4.78 is 0. The fourth-order valence-electron chi connectivity index (χ4n) is 5.46. The number of nitriles is 1. The predicted molar refractivity (Wildman–Crippen MR) is 123 cm³/mol. The van der Waals surface area contributed by atoms with Gasteiger partial charge in [0.25, 0.3) is 0 Å². The lowest BCUT2D eigenvalue weighted by molar-refractivity contribution is -0.124. The van der Waals surface area contributed by atoms with Crippen LogP contribution >= 0.6 is 0 Å². The molecule has 32 heavy (non-hydrogen) atoms. The van der Waals surface area contributed by atoms with Crippen molar-refractivity contribution in [1.29, 1.82) is 5.26 Å². The lowest BCUT2D eigenvalue weighted by Gasteiger charge is -2.32. The predicted octanol–water partition coefficient (Wildman–Crippen LogP) is 2.68. The number of rotatable bonds is 6. The van der Waals surface area contributed by atoms with Crippen molar-refractivity contribution in [2.24, 2.45) is 5.92 Å². The molecule has 1 aromatic rings. The molecule has 3 fully saturated rings. The number of piperidine rings is 2. The van der Waals surface area contributed by atoms with Gasteiger partial charge < -0.3 is 20.9 Å². The van der Waals surface area contributed by atoms with E-state index in [1.807, 2.05) is 18.7 Å². The van der Waals surface area contributed by atoms with Crippen molar-refractivity contribution in [3.05, 3.63) is 35.4 Å². The van der Waals surface area contributed by atoms with Gasteiger partial charge in [-0.15, -0.1) is 0 Å². The highest BCUT2D eigenvalue weighted by Crippen LogP contribution is 2.35. The lowest BCUT2D eigenvalue weighted by atomic mass is 9.88. The molecule has 2 aliphatic heterocycles. The van der Waals surface area contributed by atoms with Crippen LogP contribution in [-0.2, 0) is 11.2 Å². The molecule has 7 nitrogen and oxygen atoms in total. The average Bonchev–Trinajstić information content (AvgIpc) is 3.43. The number of carbonyl (C=O) groups excluding carboxylic acids is 2. The van der Waals surface area contributed by atoms with Crippen molar-refractivity contribution >= 4 is 11.9 Å². The van der Waals surface area contributed by atoms with Crippen molar-refractivity contribution in [1.82, 2.24) is 20.9 Å². The molecule has 3 amide bonds. The maximum absolute atomic E-state index is 12.6. The Balaban J connectivity index is 1.26. The molecular weight excluding hydrogens is 402 g/mol. The van der Waals surface area contributed by atoms with Crippen LogP contribution in [0.2, 0.25) is 0 Å². The summed E-state index contributed by atoms with van der Waals surface area (Å²) in [5, 5.41) is 18.9. The number of carbonyl (C=O) groups is 2. The molecule has 172 valence electrons. The van der Waals surface area contributed by atoms with E-state index in [9.17, 15) is 14.9 Å². The summed E-state index contributed by atoms with van der Waals surface area (Å²) in [7, 11) is 0. The summed E-state index contributed by atoms with van der Waals surface area (Å²) >= 11 is 0. The third-order valence-corrected chi connectivity index (χ3v) is 7.20. The first-order valence-corrected chi connectivity index (χ1v) is 12.0. The Morgan fingerprint density at radius 3 is 2.41 bits per heavy atom. The van der Waals surface area contributed by atoms with E-state index >= 15 is 0 Å². The van der Waals surface area contributed by atoms with Gasteiger partial charge >= 0.3 is 6.03 Å². The molecule has 1 aliphatic carbocycles. The molecule has 3 aliphatic rings. The van der Waals surface area contributed by atoms with Crippen molar-refractivity contribution < 1.29 is 9.59 Å². The van der Waals surface area contributed by atoms with E-state index in [1.165, 1.54) is 5.56 Å². The summed E-state index contributed by atoms with van der Waals surface area (Å²) in [5.41, 5.74) is 2.33. The molecule has 7 heteroatoms. The van der Waals surface area contributed by atoms with Gasteiger partial charge in [-0.1, -0.05) is 24.3 Å². The minimum atomic E-state index is -0.517. The van der Waals surface area contributed by atoms with Crippen LogP contribution in [0.1, 0.15) is 63.0 Å². The fraction of sp³-hybridized carbons (Fsp3) is 0.640. The van der Waals surface area contributed by atoms with Crippen molar-refractivity contribution in [3.8, 4) is 6.07 Å². The molecule has 4 atom stereocenters. The van der Waals surface area contributed by atoms with Gasteiger partial charge in [0.05, 0.1) is 12.1 Å². The maximum Gasteiger partial charge on any atom is 0.317 e. The van der Waals surface area contributed by atoms with Crippen LogP contribution in [0.5, 0.6) is 0 Å². The quantitative estimate of drug-likeness (QED) is 0.637. The number of amides is 3. The van der Waals surface area contributed by atoms with Gasteiger partial charge in [-0.25, -0.2) is 4.79 Å². The molecule has 1 saturated carbocycles. The monoisotopic (exact) mass is 437 g/mol. The van der Waals surface area contributed by atoms with E-state index in [2.05, 4.69) is 46.3 Å². The number of hydrogen-bond acceptors (Lipinski definition) is 4. The van der Waals surface area contributed by atoms with Crippen LogP contribution < -0.4 is 16.0 Å². The number of hydrogen-bond donors (Lipinski definition) is 3. The number of nitrogens with one attached hydrogen (secondary N) is 3. The summed E-state index contributed by atoms with van der Waals surface area (Å²) in [4.78, 5) is 26.7. The normalized spacial score (nSPS) is 26.1. The minimum Gasteiger partial charge on any atom is -0.339 e. The Hall–Kier alpha value is -2.59. The van der Waals surface area contributed by atoms with Crippen LogP contribution in [-0.4, -0.2) is 54.1 Å². The van der Waals surface area contributed by atoms with Crippen LogP contribution in [0.3, 0.4) is 0 Å². The Morgan fingerprint density at radius 2 is 1.84 bits per heavy atom. The summed E-state index contributed by atoms with van der Waals surface area (Å²) in [6, 6.07) is 10.7. The molecule has 1 aromatic carbocycles. The molecule has 0 spiro atoms. The highest BCUT2D eigenvalue weighted by molar-refractivity contribution is 5.83. The Morgan fingerprint density at radius 1 is 1.12 bits per heavy atom. The zero-order valence-electron chi connectivity index (χ0n) is 19.1. The van der Waals surface area contributed by atoms with Crippen LogP contribution in [0.25, 0.3) is 0 Å². The molecular formula is C25H35N5O2. The molecule has 0 aromatic heterocycles. The van der Waals surface area contributed by atoms with Crippen LogP contribution in [0.15, 0.2) is 24.3 Å². The van der Waals surface area contributed by atoms with Gasteiger partial charge in [0.1, 0.15) is 6.04 Å². The topological polar surface area (TPSA) is 97.3 Å². The van der Waals surface area contributed by atoms with Gasteiger partial charge in [0.2, 0.25) is 5.91 Å². The van der Waals surface area contributed by atoms with E-state index in [1.54, 1.807) is 0 Å². The van der Waals surface area contributed by atoms with Crippen LogP contribution in [0.4, 0.5) is 4.79 Å². The smallest absolute Gasteiger partial charge is 0.317 e. The second kappa shape index (κ2) is 9.91. The molecule has 4 rings (SSSR count). The van der Waals surface area contributed by atoms with E-state index in [0.29, 0.717) is 24.3 Å². The largest absolute Gasteiger partial charge is 0.339 e. The third-order valence-electron chi connectivity index (χ3n) is 7.20. The van der Waals surface area contributed by atoms with E-state index in [-0.39, 0.29) is 24.0 Å². The first-order chi connectivity index (χ1) is 15.4. The van der Waals surface area contributed by atoms with Gasteiger partial charge in [0.15, 0.2) is 0 Å². The Bertz CT molecular complexity index is 854. The van der Waals surface area contributed by atoms with Crippen LogP contribution in [0, 0.1) is 17.2 Å². The number of nitrogens with zero attached hydrogens (tertiary/aromatic N) is 2. The first-order valence-electron chi connectivity index (χ1n) is 12.0. The summed E-state index contributed by atoms with van der Waals surface area (Å²) in [5.74, 6) is 0.831. The van der Waals surface area contributed by atoms with Crippen molar-refractivity contribution in [2.45, 2.75) is 82.5 Å². The van der Waals surface area contributed by atoms with Gasteiger partial charge in [-0.3, -0.25) is 4.79 Å². The zero-order valence-corrected chi connectivity index (χ0v) is 19.1. The third kappa shape index (κ3) is 5.24. The Labute approximate surface area is 190 Å². The second-order valence-electron chi connectivity index (χ2n) is 9.92. The van der Waals surface area contributed by atoms with E-state index < -0.39 is 6.04 Å². The fourth-order valence-corrected chi connectivity index (χ4v) is 5.46. The number of benzene rings is 1. The minimum absolute atomic E-state index is 0.0269. The molecule has 2 saturated heterocycles. The van der Waals surface area contributed by atoms with Gasteiger partial charge in [-0.05, 0) is 68.9 Å². The molecule has 0 radical (unpaired) electrons.